The molecular formula is C20H19FN4O4. The van der Waals surface area contributed by atoms with Gasteiger partial charge in [0.15, 0.2) is 12.4 Å². The van der Waals surface area contributed by atoms with Crippen molar-refractivity contribution in [1.29, 1.82) is 0 Å². The molecule has 0 atom stereocenters. The number of hydrogen-bond acceptors (Lipinski definition) is 5. The number of carbonyl (C=O) groups is 2. The fraction of sp³-hybridized carbons (Fsp3) is 0.200. The van der Waals surface area contributed by atoms with Crippen LogP contribution in [0.25, 0.3) is 10.9 Å². The van der Waals surface area contributed by atoms with Crippen LogP contribution < -0.4 is 20.9 Å². The second-order valence-electron chi connectivity index (χ2n) is 5.93. The monoisotopic (exact) mass is 398 g/mol. The van der Waals surface area contributed by atoms with Gasteiger partial charge in [0.2, 0.25) is 0 Å². The summed E-state index contributed by atoms with van der Waals surface area (Å²) in [5.74, 6) is -1.02. The Hall–Kier alpha value is -3.75. The first-order chi connectivity index (χ1) is 14.0. The molecule has 4 rings (SSSR count). The number of benzene rings is 2. The van der Waals surface area contributed by atoms with Gasteiger partial charge in [-0.2, -0.15) is 0 Å². The van der Waals surface area contributed by atoms with Crippen molar-refractivity contribution in [3.05, 3.63) is 64.0 Å². The maximum Gasteiger partial charge on any atom is 0.287 e. The molecule has 2 aromatic carbocycles. The molecule has 0 spiro atoms. The number of halogens is 1. The average molecular weight is 398 g/mol. The zero-order valence-electron chi connectivity index (χ0n) is 15.8. The summed E-state index contributed by atoms with van der Waals surface area (Å²) in [6.07, 6.45) is 0. The molecule has 1 aromatic heterocycles. The first kappa shape index (κ1) is 20.0. The van der Waals surface area contributed by atoms with E-state index in [0.717, 1.165) is 11.6 Å². The van der Waals surface area contributed by atoms with Gasteiger partial charge in [0.05, 0.1) is 16.6 Å². The fourth-order valence-electron chi connectivity index (χ4n) is 2.72. The van der Waals surface area contributed by atoms with E-state index < -0.39 is 17.3 Å². The summed E-state index contributed by atoms with van der Waals surface area (Å²) in [5, 5.41) is 5.39. The number of nitrogens with one attached hydrogen (secondary N) is 3. The van der Waals surface area contributed by atoms with E-state index in [1.54, 1.807) is 18.2 Å². The lowest BCUT2D eigenvalue weighted by molar-refractivity contribution is -0.118. The van der Waals surface area contributed by atoms with E-state index in [0.29, 0.717) is 11.4 Å². The van der Waals surface area contributed by atoms with Crippen molar-refractivity contribution in [2.75, 3.05) is 11.9 Å². The number of anilines is 1. The molecular weight excluding hydrogens is 379 g/mol. The number of rotatable bonds is 3. The van der Waals surface area contributed by atoms with Crippen LogP contribution in [0.5, 0.6) is 5.75 Å². The van der Waals surface area contributed by atoms with Crippen molar-refractivity contribution in [2.45, 2.75) is 20.4 Å². The second-order valence-corrected chi connectivity index (χ2v) is 5.93. The van der Waals surface area contributed by atoms with E-state index in [4.69, 9.17) is 4.74 Å². The van der Waals surface area contributed by atoms with E-state index in [1.807, 2.05) is 13.8 Å². The Morgan fingerprint density at radius 3 is 2.79 bits per heavy atom. The number of aromatic amines is 1. The van der Waals surface area contributed by atoms with E-state index in [9.17, 15) is 18.8 Å². The summed E-state index contributed by atoms with van der Waals surface area (Å²) >= 11 is 0. The fourth-order valence-corrected chi connectivity index (χ4v) is 2.72. The van der Waals surface area contributed by atoms with Crippen molar-refractivity contribution in [2.24, 2.45) is 0 Å². The van der Waals surface area contributed by atoms with Crippen LogP contribution in [-0.2, 0) is 11.3 Å². The van der Waals surface area contributed by atoms with E-state index >= 15 is 0 Å². The average Bonchev–Trinajstić information content (AvgIpc) is 2.73. The Morgan fingerprint density at radius 1 is 1.21 bits per heavy atom. The molecule has 3 N–H and O–H groups in total. The van der Waals surface area contributed by atoms with Crippen molar-refractivity contribution < 1.29 is 18.7 Å². The Kier molecular flexibility index (Phi) is 5.87. The number of carbonyl (C=O) groups excluding carboxylic acids is 2. The minimum atomic E-state index is -0.599. The number of nitrogens with zero attached hydrogens (tertiary/aromatic N) is 1. The highest BCUT2D eigenvalue weighted by atomic mass is 19.1. The topological polar surface area (TPSA) is 113 Å². The molecule has 150 valence electrons. The van der Waals surface area contributed by atoms with Gasteiger partial charge in [0.1, 0.15) is 11.6 Å². The summed E-state index contributed by atoms with van der Waals surface area (Å²) < 4.78 is 18.5. The predicted molar refractivity (Wildman–Crippen MR) is 105 cm³/mol. The molecule has 1 aliphatic rings. The Morgan fingerprint density at radius 2 is 2.00 bits per heavy atom. The largest absolute Gasteiger partial charge is 0.482 e. The molecule has 0 unspecified atom stereocenters. The summed E-state index contributed by atoms with van der Waals surface area (Å²) in [6, 6.07) is 8.69. The highest BCUT2D eigenvalue weighted by molar-refractivity contribution is 5.95. The van der Waals surface area contributed by atoms with Gasteiger partial charge >= 0.3 is 0 Å². The minimum Gasteiger partial charge on any atom is -0.482 e. The number of ether oxygens (including phenoxy) is 1. The standard InChI is InChI=1S/C18H13FN4O4.C2H6/c19-10-2-3-12-11(6-10)17(25)23-16(22-12)18(26)20-7-9-1-4-14-13(5-9)21-15(24)8-27-14;1-2/h1-6H,7-8H2,(H,20,26)(H,21,24)(H,22,23,25);1-2H3. The zero-order valence-corrected chi connectivity index (χ0v) is 15.8. The van der Waals surface area contributed by atoms with Gasteiger partial charge in [-0.05, 0) is 35.9 Å². The number of H-pyrrole nitrogens is 1. The lowest BCUT2D eigenvalue weighted by atomic mass is 10.1. The SMILES string of the molecule is CC.O=C1COc2ccc(CNC(=O)c3nc4ccc(F)cc4c(=O)[nH]3)cc2N1. The highest BCUT2D eigenvalue weighted by Crippen LogP contribution is 2.28. The third-order valence-electron chi connectivity index (χ3n) is 4.01. The lowest BCUT2D eigenvalue weighted by Gasteiger charge is -2.18. The quantitative estimate of drug-likeness (QED) is 0.627. The number of aromatic nitrogens is 2. The predicted octanol–water partition coefficient (Wildman–Crippen LogP) is 2.35. The van der Waals surface area contributed by atoms with Crippen LogP contribution >= 0.6 is 0 Å². The van der Waals surface area contributed by atoms with Crippen LogP contribution in [0.15, 0.2) is 41.2 Å². The molecule has 0 bridgehead atoms. The smallest absolute Gasteiger partial charge is 0.287 e. The van der Waals surface area contributed by atoms with Crippen LogP contribution in [0, 0.1) is 5.82 Å². The maximum absolute atomic E-state index is 13.2. The van der Waals surface area contributed by atoms with E-state index in [-0.39, 0.29) is 35.8 Å². The van der Waals surface area contributed by atoms with E-state index in [1.165, 1.54) is 12.1 Å². The second kappa shape index (κ2) is 8.51. The van der Waals surface area contributed by atoms with Crippen LogP contribution in [0.3, 0.4) is 0 Å². The molecule has 0 fully saturated rings. The molecule has 9 heteroatoms. The van der Waals surface area contributed by atoms with Crippen LogP contribution in [-0.4, -0.2) is 28.4 Å². The third-order valence-corrected chi connectivity index (χ3v) is 4.01. The van der Waals surface area contributed by atoms with Crippen molar-refractivity contribution in [1.82, 2.24) is 15.3 Å². The number of hydrogen-bond donors (Lipinski definition) is 3. The van der Waals surface area contributed by atoms with Crippen LogP contribution in [0.1, 0.15) is 30.0 Å². The third kappa shape index (κ3) is 4.40. The van der Waals surface area contributed by atoms with Gasteiger partial charge in [-0.25, -0.2) is 9.37 Å². The molecule has 2 heterocycles. The van der Waals surface area contributed by atoms with Gasteiger partial charge < -0.3 is 20.4 Å². The summed E-state index contributed by atoms with van der Waals surface area (Å²) in [5.41, 5.74) is 0.868. The van der Waals surface area contributed by atoms with Crippen LogP contribution in [0.2, 0.25) is 0 Å². The van der Waals surface area contributed by atoms with Gasteiger partial charge in [-0.15, -0.1) is 0 Å². The summed E-state index contributed by atoms with van der Waals surface area (Å²) in [7, 11) is 0. The molecule has 2 amide bonds. The summed E-state index contributed by atoms with van der Waals surface area (Å²) in [6.45, 7) is 4.11. The molecule has 0 saturated carbocycles. The maximum atomic E-state index is 13.2. The van der Waals surface area contributed by atoms with E-state index in [2.05, 4.69) is 20.6 Å². The molecule has 8 nitrogen and oxygen atoms in total. The Labute approximate surface area is 165 Å². The normalized spacial score (nSPS) is 12.2. The lowest BCUT2D eigenvalue weighted by Crippen LogP contribution is -2.28. The Balaban J connectivity index is 0.00000117. The molecule has 0 radical (unpaired) electrons. The van der Waals surface area contributed by atoms with Crippen molar-refractivity contribution >= 4 is 28.4 Å². The Bertz CT molecular complexity index is 1140. The van der Waals surface area contributed by atoms with Crippen LogP contribution in [0.4, 0.5) is 10.1 Å². The van der Waals surface area contributed by atoms with Crippen molar-refractivity contribution in [3.8, 4) is 5.75 Å². The summed E-state index contributed by atoms with van der Waals surface area (Å²) in [4.78, 5) is 42.1. The first-order valence-corrected chi connectivity index (χ1v) is 9.03. The van der Waals surface area contributed by atoms with Gasteiger partial charge in [-0.3, -0.25) is 14.4 Å². The molecule has 3 aromatic rings. The molecule has 0 saturated heterocycles. The highest BCUT2D eigenvalue weighted by Gasteiger charge is 2.17. The van der Waals surface area contributed by atoms with Gasteiger partial charge in [-0.1, -0.05) is 19.9 Å². The van der Waals surface area contributed by atoms with Gasteiger partial charge in [0.25, 0.3) is 17.4 Å². The number of amides is 2. The first-order valence-electron chi connectivity index (χ1n) is 9.03. The minimum absolute atomic E-state index is 0.0338. The molecule has 0 aliphatic carbocycles. The van der Waals surface area contributed by atoms with Crippen molar-refractivity contribution in [3.63, 3.8) is 0 Å². The van der Waals surface area contributed by atoms with Gasteiger partial charge in [0, 0.05) is 6.54 Å². The molecule has 29 heavy (non-hydrogen) atoms. The molecule has 1 aliphatic heterocycles. The zero-order chi connectivity index (χ0) is 21.0. The number of fused-ring (bicyclic) bond motifs is 2.